The van der Waals surface area contributed by atoms with Crippen LogP contribution in [0, 0.1) is 0 Å². The van der Waals surface area contributed by atoms with Gasteiger partial charge in [-0.1, -0.05) is 0 Å². The molecule has 0 N–H and O–H groups in total. The average molecular weight is 321 g/mol. The van der Waals surface area contributed by atoms with Gasteiger partial charge in [-0.2, -0.15) is 0 Å². The first kappa shape index (κ1) is 13.8. The maximum atomic E-state index is 6.29. The molecule has 1 aliphatic heterocycles. The Kier molecular flexibility index (Phi) is 6.55. The van der Waals surface area contributed by atoms with Gasteiger partial charge in [0, 0.05) is 0 Å². The first-order chi connectivity index (χ1) is 7.26. The number of unbranched alkanes of at least 4 members (excludes halogenated alkanes) is 2. The van der Waals surface area contributed by atoms with Crippen LogP contribution in [0.25, 0.3) is 0 Å². The van der Waals surface area contributed by atoms with Crippen LogP contribution >= 0.6 is 0 Å². The van der Waals surface area contributed by atoms with E-state index in [4.69, 9.17) is 6.15 Å². The number of rotatable bonds is 7. The normalized spacial score (nSPS) is 24.6. The Morgan fingerprint density at radius 1 is 1.07 bits per heavy atom. The Balaban J connectivity index is 2.45. The molecule has 0 amide bonds. The van der Waals surface area contributed by atoms with Crippen LogP contribution in [0.5, 0.6) is 0 Å². The summed E-state index contributed by atoms with van der Waals surface area (Å²) in [7, 11) is 0. The van der Waals surface area contributed by atoms with E-state index in [0.29, 0.717) is 6.10 Å². The molecule has 0 spiro atoms. The molecule has 0 aromatic carbocycles. The topological polar surface area (TPSA) is 18.5 Å². The molecule has 0 radical (unpaired) electrons. The monoisotopic (exact) mass is 322 g/mol. The van der Waals surface area contributed by atoms with Crippen LogP contribution in [-0.2, 0) is 6.15 Å². The number of hydrogen-bond acceptors (Lipinski definition) is 2. The molecule has 0 aromatic heterocycles. The van der Waals surface area contributed by atoms with Gasteiger partial charge >= 0.3 is 99.8 Å². The maximum absolute atomic E-state index is 6.29. The van der Waals surface area contributed by atoms with Gasteiger partial charge < -0.3 is 0 Å². The van der Waals surface area contributed by atoms with E-state index < -0.39 is 19.2 Å². The molecule has 1 fully saturated rings. The van der Waals surface area contributed by atoms with Crippen LogP contribution in [0.4, 0.5) is 0 Å². The molecule has 0 saturated carbocycles. The van der Waals surface area contributed by atoms with Gasteiger partial charge in [0.05, 0.1) is 0 Å². The van der Waals surface area contributed by atoms with Crippen molar-refractivity contribution in [2.24, 2.45) is 0 Å². The molecule has 2 nitrogen and oxygen atoms in total. The Morgan fingerprint density at radius 3 is 2.07 bits per heavy atom. The molecule has 1 rings (SSSR count). The Hall–Kier alpha value is 0.719. The summed E-state index contributed by atoms with van der Waals surface area (Å²) >= 11 is -2.54. The second kappa shape index (κ2) is 7.12. The predicted octanol–water partition coefficient (Wildman–Crippen LogP) is 3.85. The third-order valence-electron chi connectivity index (χ3n) is 3.19. The van der Waals surface area contributed by atoms with Crippen LogP contribution in [0.1, 0.15) is 52.9 Å². The minimum absolute atomic E-state index is 0.425. The molecule has 1 heterocycles. The molecular formula is C12H26O2Sn. The summed E-state index contributed by atoms with van der Waals surface area (Å²) < 4.78 is 15.0. The van der Waals surface area contributed by atoms with Crippen LogP contribution in [0.15, 0.2) is 0 Å². The van der Waals surface area contributed by atoms with Crippen LogP contribution in [0.3, 0.4) is 0 Å². The van der Waals surface area contributed by atoms with Gasteiger partial charge in [0.25, 0.3) is 0 Å². The van der Waals surface area contributed by atoms with Crippen molar-refractivity contribution in [3.05, 3.63) is 0 Å². The molecule has 1 saturated heterocycles. The van der Waals surface area contributed by atoms with E-state index in [9.17, 15) is 0 Å². The Labute approximate surface area is 99.7 Å². The summed E-state index contributed by atoms with van der Waals surface area (Å²) in [5, 5.41) is 0. The van der Waals surface area contributed by atoms with E-state index in [1.54, 1.807) is 0 Å². The van der Waals surface area contributed by atoms with Gasteiger partial charge in [-0.25, -0.2) is 0 Å². The standard InChI is InChI=1S/C4H8O2.2C4H9.Sn/c1-2-4(6)3-5;2*1-3-4-2;/h4H,2-3H2,1H3;2*1,3-4H2,2H3;/q-2;;;+2. The van der Waals surface area contributed by atoms with Gasteiger partial charge in [-0.05, 0) is 0 Å². The summed E-state index contributed by atoms with van der Waals surface area (Å²) in [6.07, 6.45) is 6.70. The van der Waals surface area contributed by atoms with Crippen molar-refractivity contribution in [2.75, 3.05) is 6.61 Å². The molecule has 90 valence electrons. The van der Waals surface area contributed by atoms with E-state index in [0.717, 1.165) is 13.0 Å². The van der Waals surface area contributed by atoms with Crippen LogP contribution in [0.2, 0.25) is 8.87 Å². The number of hydrogen-bond donors (Lipinski definition) is 0. The van der Waals surface area contributed by atoms with E-state index in [1.807, 2.05) is 0 Å². The molecule has 0 aliphatic carbocycles. The first-order valence-corrected chi connectivity index (χ1v) is 12.9. The molecule has 0 bridgehead atoms. The van der Waals surface area contributed by atoms with Gasteiger partial charge in [0.1, 0.15) is 0 Å². The van der Waals surface area contributed by atoms with Gasteiger partial charge in [-0.15, -0.1) is 0 Å². The minimum atomic E-state index is -2.54. The fraction of sp³-hybridized carbons (Fsp3) is 1.00. The average Bonchev–Trinajstić information content (AvgIpc) is 2.68. The van der Waals surface area contributed by atoms with Crippen molar-refractivity contribution in [3.8, 4) is 0 Å². The summed E-state index contributed by atoms with van der Waals surface area (Å²) in [5.41, 5.74) is 0. The van der Waals surface area contributed by atoms with Gasteiger partial charge in [-0.3, -0.25) is 0 Å². The van der Waals surface area contributed by atoms with Crippen molar-refractivity contribution >= 4 is 19.2 Å². The van der Waals surface area contributed by atoms with E-state index in [1.165, 1.54) is 34.6 Å². The molecule has 3 heteroatoms. The quantitative estimate of drug-likeness (QED) is 0.663. The van der Waals surface area contributed by atoms with Crippen molar-refractivity contribution in [1.29, 1.82) is 0 Å². The van der Waals surface area contributed by atoms with Crippen molar-refractivity contribution in [1.82, 2.24) is 0 Å². The van der Waals surface area contributed by atoms with Gasteiger partial charge in [0.2, 0.25) is 0 Å². The molecule has 1 unspecified atom stereocenters. The van der Waals surface area contributed by atoms with E-state index in [-0.39, 0.29) is 0 Å². The fourth-order valence-electron chi connectivity index (χ4n) is 2.10. The zero-order valence-corrected chi connectivity index (χ0v) is 13.4. The summed E-state index contributed by atoms with van der Waals surface area (Å²) in [6.45, 7) is 7.60. The van der Waals surface area contributed by atoms with Crippen molar-refractivity contribution < 1.29 is 6.15 Å². The second-order valence-corrected chi connectivity index (χ2v) is 14.1. The second-order valence-electron chi connectivity index (χ2n) is 4.58. The Bertz CT molecular complexity index is 165. The van der Waals surface area contributed by atoms with Gasteiger partial charge in [0.15, 0.2) is 0 Å². The third-order valence-corrected chi connectivity index (χ3v) is 13.7. The summed E-state index contributed by atoms with van der Waals surface area (Å²) in [4.78, 5) is 0. The predicted molar refractivity (Wildman–Crippen MR) is 66.3 cm³/mol. The zero-order valence-electron chi connectivity index (χ0n) is 10.6. The molecule has 0 aromatic rings. The van der Waals surface area contributed by atoms with E-state index >= 15 is 0 Å². The van der Waals surface area contributed by atoms with Crippen molar-refractivity contribution in [2.45, 2.75) is 67.9 Å². The van der Waals surface area contributed by atoms with Crippen LogP contribution in [-0.4, -0.2) is 31.9 Å². The van der Waals surface area contributed by atoms with Crippen molar-refractivity contribution in [3.63, 3.8) is 0 Å². The molecular weight excluding hydrogens is 295 g/mol. The molecule has 15 heavy (non-hydrogen) atoms. The Morgan fingerprint density at radius 2 is 1.67 bits per heavy atom. The molecule has 1 atom stereocenters. The van der Waals surface area contributed by atoms with E-state index in [2.05, 4.69) is 20.8 Å². The third kappa shape index (κ3) is 4.23. The summed E-state index contributed by atoms with van der Waals surface area (Å²) in [6, 6.07) is 0. The van der Waals surface area contributed by atoms with Crippen LogP contribution < -0.4 is 0 Å². The molecule has 1 aliphatic rings. The zero-order chi connectivity index (χ0) is 11.1. The fourth-order valence-corrected chi connectivity index (χ4v) is 13.4. The SMILES string of the molecule is CCC[CH2][Sn]1([CH2]CCC)[O]CC(CC)[O]1. The summed E-state index contributed by atoms with van der Waals surface area (Å²) in [5.74, 6) is 0. The first-order valence-electron chi connectivity index (χ1n) is 6.58.